The highest BCUT2D eigenvalue weighted by molar-refractivity contribution is 4.90. The van der Waals surface area contributed by atoms with E-state index >= 15 is 0 Å². The van der Waals surface area contributed by atoms with Gasteiger partial charge in [0.2, 0.25) is 5.89 Å². The Morgan fingerprint density at radius 3 is 2.79 bits per heavy atom. The first kappa shape index (κ1) is 14.5. The van der Waals surface area contributed by atoms with Crippen molar-refractivity contribution in [3.05, 3.63) is 11.7 Å². The molecule has 0 bridgehead atoms. The first-order valence-electron chi connectivity index (χ1n) is 7.34. The first-order chi connectivity index (χ1) is 9.19. The third-order valence-corrected chi connectivity index (χ3v) is 3.60. The maximum absolute atomic E-state index is 9.05. The van der Waals surface area contributed by atoms with Crippen molar-refractivity contribution in [1.29, 1.82) is 0 Å². The molecule has 0 aromatic carbocycles. The highest BCUT2D eigenvalue weighted by atomic mass is 16.5. The smallest absolute Gasteiger partial charge is 0.240 e. The summed E-state index contributed by atoms with van der Waals surface area (Å²) in [6.45, 7) is 5.23. The van der Waals surface area contributed by atoms with E-state index in [9.17, 15) is 0 Å². The normalized spacial score (nSPS) is 17.1. The summed E-state index contributed by atoms with van der Waals surface area (Å²) < 4.78 is 5.24. The Labute approximate surface area is 114 Å². The highest BCUT2D eigenvalue weighted by Crippen LogP contribution is 2.33. The summed E-state index contributed by atoms with van der Waals surface area (Å²) >= 11 is 0. The van der Waals surface area contributed by atoms with Crippen LogP contribution in [0.15, 0.2) is 4.52 Å². The van der Waals surface area contributed by atoms with Crippen molar-refractivity contribution in [3.63, 3.8) is 0 Å². The molecule has 1 aliphatic rings. The molecule has 5 heteroatoms. The maximum Gasteiger partial charge on any atom is 0.240 e. The number of aliphatic hydroxyl groups excluding tert-OH is 1. The van der Waals surface area contributed by atoms with E-state index in [0.29, 0.717) is 24.4 Å². The van der Waals surface area contributed by atoms with Crippen LogP contribution < -0.4 is 5.32 Å². The lowest BCUT2D eigenvalue weighted by Gasteiger charge is -2.15. The van der Waals surface area contributed by atoms with Crippen molar-refractivity contribution in [2.24, 2.45) is 11.8 Å². The molecule has 2 N–H and O–H groups in total. The molecule has 0 aliphatic heterocycles. The number of hydrogen-bond donors (Lipinski definition) is 2. The fraction of sp³-hybridized carbons (Fsp3) is 0.857. The Hall–Kier alpha value is -0.940. The van der Waals surface area contributed by atoms with Gasteiger partial charge in [-0.3, -0.25) is 0 Å². The molecule has 0 saturated heterocycles. The Bertz CT molecular complexity index is 375. The van der Waals surface area contributed by atoms with E-state index in [0.717, 1.165) is 31.0 Å². The molecule has 5 nitrogen and oxygen atoms in total. The van der Waals surface area contributed by atoms with Crippen LogP contribution in [0.2, 0.25) is 0 Å². The van der Waals surface area contributed by atoms with E-state index in [2.05, 4.69) is 29.3 Å². The van der Waals surface area contributed by atoms with Gasteiger partial charge in [-0.25, -0.2) is 0 Å². The minimum Gasteiger partial charge on any atom is -0.396 e. The second-order valence-electron chi connectivity index (χ2n) is 5.87. The molecule has 0 radical (unpaired) electrons. The van der Waals surface area contributed by atoms with Crippen LogP contribution in [0.3, 0.4) is 0 Å². The van der Waals surface area contributed by atoms with Crippen molar-refractivity contribution in [1.82, 2.24) is 15.5 Å². The van der Waals surface area contributed by atoms with Crippen molar-refractivity contribution in [2.75, 3.05) is 6.61 Å². The van der Waals surface area contributed by atoms with Gasteiger partial charge in [-0.2, -0.15) is 4.98 Å². The van der Waals surface area contributed by atoms with Crippen molar-refractivity contribution < 1.29 is 9.63 Å². The van der Waals surface area contributed by atoms with Crippen LogP contribution in [-0.4, -0.2) is 27.9 Å². The Balaban J connectivity index is 1.75. The van der Waals surface area contributed by atoms with Gasteiger partial charge in [0.1, 0.15) is 0 Å². The number of aromatic nitrogens is 2. The predicted octanol–water partition coefficient (Wildman–Crippen LogP) is 1.91. The van der Waals surface area contributed by atoms with E-state index in [1.165, 1.54) is 12.8 Å². The van der Waals surface area contributed by atoms with Gasteiger partial charge in [0.15, 0.2) is 5.82 Å². The van der Waals surface area contributed by atoms with Crippen LogP contribution in [0.4, 0.5) is 0 Å². The third kappa shape index (κ3) is 4.91. The molecule has 0 spiro atoms. The third-order valence-electron chi connectivity index (χ3n) is 3.60. The Kier molecular flexibility index (Phi) is 5.34. The molecular formula is C14H25N3O2. The molecule has 1 fully saturated rings. The lowest BCUT2D eigenvalue weighted by atomic mass is 10.1. The molecule has 1 atom stereocenters. The summed E-state index contributed by atoms with van der Waals surface area (Å²) in [4.78, 5) is 4.39. The van der Waals surface area contributed by atoms with Gasteiger partial charge in [0.25, 0.3) is 0 Å². The summed E-state index contributed by atoms with van der Waals surface area (Å²) in [7, 11) is 0. The van der Waals surface area contributed by atoms with Gasteiger partial charge >= 0.3 is 0 Å². The van der Waals surface area contributed by atoms with E-state index in [1.807, 2.05) is 0 Å². The second kappa shape index (κ2) is 7.01. The fourth-order valence-corrected chi connectivity index (χ4v) is 2.24. The lowest BCUT2D eigenvalue weighted by Crippen LogP contribution is -2.31. The summed E-state index contributed by atoms with van der Waals surface area (Å²) in [5.41, 5.74) is 0. The van der Waals surface area contributed by atoms with Crippen LogP contribution in [-0.2, 0) is 13.0 Å². The van der Waals surface area contributed by atoms with Crippen LogP contribution in [0.5, 0.6) is 0 Å². The van der Waals surface area contributed by atoms with E-state index in [1.54, 1.807) is 0 Å². The van der Waals surface area contributed by atoms with E-state index < -0.39 is 0 Å². The van der Waals surface area contributed by atoms with E-state index in [-0.39, 0.29) is 6.61 Å². The first-order valence-corrected chi connectivity index (χ1v) is 7.34. The van der Waals surface area contributed by atoms with Gasteiger partial charge in [-0.15, -0.1) is 0 Å². The Morgan fingerprint density at radius 1 is 1.37 bits per heavy atom. The van der Waals surface area contributed by atoms with Crippen molar-refractivity contribution in [2.45, 2.75) is 58.5 Å². The van der Waals surface area contributed by atoms with Crippen LogP contribution >= 0.6 is 0 Å². The zero-order valence-electron chi connectivity index (χ0n) is 11.9. The maximum atomic E-state index is 9.05. The predicted molar refractivity (Wildman–Crippen MR) is 72.5 cm³/mol. The van der Waals surface area contributed by atoms with Gasteiger partial charge in [-0.05, 0) is 37.5 Å². The van der Waals surface area contributed by atoms with Gasteiger partial charge in [0.05, 0.1) is 6.54 Å². The van der Waals surface area contributed by atoms with E-state index in [4.69, 9.17) is 9.63 Å². The standard InChI is InChI=1S/C14H25N3O2/c1-10(2)3-6-13-16-14(19-17-13)9-15-12(7-8-18)11-4-5-11/h10-12,15,18H,3-9H2,1-2H3/t12-/m1/s1. The average molecular weight is 267 g/mol. The zero-order chi connectivity index (χ0) is 13.7. The molecule has 0 amide bonds. The molecule has 1 heterocycles. The molecule has 1 saturated carbocycles. The van der Waals surface area contributed by atoms with Gasteiger partial charge in [0, 0.05) is 19.1 Å². The largest absolute Gasteiger partial charge is 0.396 e. The minimum absolute atomic E-state index is 0.234. The number of nitrogens with one attached hydrogen (secondary N) is 1. The number of aliphatic hydroxyl groups is 1. The summed E-state index contributed by atoms with van der Waals surface area (Å²) in [5.74, 6) is 2.83. The number of rotatable bonds is 9. The number of hydrogen-bond acceptors (Lipinski definition) is 5. The topological polar surface area (TPSA) is 71.2 Å². The second-order valence-corrected chi connectivity index (χ2v) is 5.87. The zero-order valence-corrected chi connectivity index (χ0v) is 11.9. The number of aryl methyl sites for hydroxylation is 1. The van der Waals surface area contributed by atoms with Gasteiger partial charge < -0.3 is 14.9 Å². The molecule has 2 rings (SSSR count). The molecule has 1 aromatic heterocycles. The van der Waals surface area contributed by atoms with Crippen LogP contribution in [0.1, 0.15) is 51.2 Å². The molecular weight excluding hydrogens is 242 g/mol. The van der Waals surface area contributed by atoms with Gasteiger partial charge in [-0.1, -0.05) is 19.0 Å². The highest BCUT2D eigenvalue weighted by Gasteiger charge is 2.30. The molecule has 1 aliphatic carbocycles. The van der Waals surface area contributed by atoms with Crippen molar-refractivity contribution in [3.8, 4) is 0 Å². The monoisotopic (exact) mass is 267 g/mol. The van der Waals surface area contributed by atoms with Crippen molar-refractivity contribution >= 4 is 0 Å². The summed E-state index contributed by atoms with van der Waals surface area (Å²) in [6.07, 6.45) is 5.30. The van der Waals surface area contributed by atoms with Crippen LogP contribution in [0, 0.1) is 11.8 Å². The molecule has 0 unspecified atom stereocenters. The summed E-state index contributed by atoms with van der Waals surface area (Å²) in [5, 5.41) is 16.5. The Morgan fingerprint density at radius 2 is 2.16 bits per heavy atom. The molecule has 19 heavy (non-hydrogen) atoms. The molecule has 108 valence electrons. The van der Waals surface area contributed by atoms with Crippen LogP contribution in [0.25, 0.3) is 0 Å². The minimum atomic E-state index is 0.234. The lowest BCUT2D eigenvalue weighted by molar-refractivity contribution is 0.251. The summed E-state index contributed by atoms with van der Waals surface area (Å²) in [6, 6.07) is 0.385. The quantitative estimate of drug-likeness (QED) is 0.715. The average Bonchev–Trinajstić information content (AvgIpc) is 3.12. The fourth-order valence-electron chi connectivity index (χ4n) is 2.24. The molecule has 1 aromatic rings. The number of nitrogens with zero attached hydrogens (tertiary/aromatic N) is 2. The SMILES string of the molecule is CC(C)CCc1noc(CN[C@H](CCO)C2CC2)n1.